The first-order chi connectivity index (χ1) is 18.3. The Bertz CT molecular complexity index is 1220. The van der Waals surface area contributed by atoms with E-state index >= 15 is 0 Å². The van der Waals surface area contributed by atoms with Gasteiger partial charge < -0.3 is 31.2 Å². The molecule has 9 nitrogen and oxygen atoms in total. The lowest BCUT2D eigenvalue weighted by Gasteiger charge is -2.28. The average molecular weight is 549 g/mol. The van der Waals surface area contributed by atoms with Gasteiger partial charge in [-0.2, -0.15) is 4.98 Å². The third-order valence-corrected chi connectivity index (χ3v) is 7.82. The summed E-state index contributed by atoms with van der Waals surface area (Å²) in [5.41, 5.74) is 8.25. The number of primary amides is 1. The van der Waals surface area contributed by atoms with E-state index in [0.29, 0.717) is 28.2 Å². The molecule has 12 heteroatoms. The molecule has 0 radical (unpaired) electrons. The van der Waals surface area contributed by atoms with Gasteiger partial charge in [-0.25, -0.2) is 18.6 Å². The van der Waals surface area contributed by atoms with Crippen LogP contribution in [-0.4, -0.2) is 54.3 Å². The van der Waals surface area contributed by atoms with E-state index in [1.807, 2.05) is 18.2 Å². The number of rotatable bonds is 9. The van der Waals surface area contributed by atoms with E-state index in [4.69, 9.17) is 26.8 Å². The van der Waals surface area contributed by atoms with E-state index in [-0.39, 0.29) is 30.5 Å². The zero-order valence-corrected chi connectivity index (χ0v) is 21.7. The molecule has 204 valence electrons. The number of ether oxygens (including phenoxy) is 2. The van der Waals surface area contributed by atoms with E-state index < -0.39 is 18.6 Å². The number of fused-ring (bicyclic) bond motifs is 3. The van der Waals surface area contributed by atoms with Crippen LogP contribution < -0.4 is 26.4 Å². The summed E-state index contributed by atoms with van der Waals surface area (Å²) in [6, 6.07) is 3.81. The number of halogens is 3. The second kappa shape index (κ2) is 11.3. The third kappa shape index (κ3) is 5.78. The Balaban J connectivity index is 1.33. The van der Waals surface area contributed by atoms with Crippen molar-refractivity contribution in [2.75, 3.05) is 24.3 Å². The molecule has 3 aliphatic carbocycles. The Hall–Kier alpha value is -3.18. The molecule has 1 amide bonds. The molecule has 2 bridgehead atoms. The predicted molar refractivity (Wildman–Crippen MR) is 140 cm³/mol. The van der Waals surface area contributed by atoms with Gasteiger partial charge in [0.15, 0.2) is 5.82 Å². The summed E-state index contributed by atoms with van der Waals surface area (Å²) in [6.07, 6.45) is 5.99. The van der Waals surface area contributed by atoms with Gasteiger partial charge in [0.2, 0.25) is 5.95 Å². The van der Waals surface area contributed by atoms with Gasteiger partial charge in [-0.3, -0.25) is 0 Å². The Morgan fingerprint density at radius 2 is 1.95 bits per heavy atom. The normalized spacial score (nSPS) is 25.7. The fourth-order valence-electron chi connectivity index (χ4n) is 5.73. The summed E-state index contributed by atoms with van der Waals surface area (Å²) >= 11 is 6.42. The van der Waals surface area contributed by atoms with Crippen LogP contribution in [0.25, 0.3) is 0 Å². The highest BCUT2D eigenvalue weighted by atomic mass is 35.5. The standard InChI is InChI=1S/C26H31ClF2N6O3/c1-37-20-10-14-5-7-17(31-12-21(28)29)6-4-13(14)9-19(20)33-26-32-11-18(27)24(35-26)34-22-15-2-3-16(8-15)23(22)38-25(30)36/h2-3,9-11,15-17,21-23,31H,4-8,12H2,1H3,(H2,30,36)(H2,32,33,34,35)/t15-,16+,17?,22+,23-/m0/s1. The monoisotopic (exact) mass is 548 g/mol. The van der Waals surface area contributed by atoms with Crippen LogP contribution in [0.2, 0.25) is 5.02 Å². The Morgan fingerprint density at radius 3 is 2.66 bits per heavy atom. The molecule has 1 aromatic heterocycles. The number of anilines is 3. The minimum Gasteiger partial charge on any atom is -0.495 e. The number of aromatic nitrogens is 2. The van der Waals surface area contributed by atoms with E-state index in [9.17, 15) is 13.6 Å². The Kier molecular flexibility index (Phi) is 7.85. The number of hydrogen-bond acceptors (Lipinski definition) is 8. The van der Waals surface area contributed by atoms with Gasteiger partial charge in [-0.1, -0.05) is 23.8 Å². The third-order valence-electron chi connectivity index (χ3n) is 7.54. The lowest BCUT2D eigenvalue weighted by molar-refractivity contribution is 0.0853. The van der Waals surface area contributed by atoms with E-state index in [1.165, 1.54) is 6.20 Å². The lowest BCUT2D eigenvalue weighted by atomic mass is 9.98. The quantitative estimate of drug-likeness (QED) is 0.268. The van der Waals surface area contributed by atoms with Crippen molar-refractivity contribution in [3.05, 3.63) is 46.6 Å². The van der Waals surface area contributed by atoms with Crippen LogP contribution in [0.3, 0.4) is 0 Å². The van der Waals surface area contributed by atoms with Crippen molar-refractivity contribution in [3.63, 3.8) is 0 Å². The van der Waals surface area contributed by atoms with Gasteiger partial charge in [-0.05, 0) is 55.4 Å². The maximum absolute atomic E-state index is 12.6. The first kappa shape index (κ1) is 26.4. The highest BCUT2D eigenvalue weighted by Gasteiger charge is 2.47. The van der Waals surface area contributed by atoms with Crippen molar-refractivity contribution in [1.29, 1.82) is 0 Å². The summed E-state index contributed by atoms with van der Waals surface area (Å²) in [5, 5.41) is 9.87. The molecule has 1 aromatic carbocycles. The number of benzene rings is 1. The minimum atomic E-state index is -2.36. The maximum Gasteiger partial charge on any atom is 0.404 e. The van der Waals surface area contributed by atoms with Crippen LogP contribution in [0.4, 0.5) is 31.0 Å². The van der Waals surface area contributed by atoms with Crippen LogP contribution >= 0.6 is 11.6 Å². The number of nitrogens with one attached hydrogen (secondary N) is 3. The summed E-state index contributed by atoms with van der Waals surface area (Å²) in [4.78, 5) is 20.4. The number of hydrogen-bond donors (Lipinski definition) is 4. The van der Waals surface area contributed by atoms with Crippen LogP contribution in [0.15, 0.2) is 30.5 Å². The molecular weight excluding hydrogens is 518 g/mol. The summed E-state index contributed by atoms with van der Waals surface area (Å²) in [5.74, 6) is 1.61. The molecule has 2 aromatic rings. The van der Waals surface area contributed by atoms with Gasteiger partial charge in [0.1, 0.15) is 16.9 Å². The zero-order valence-electron chi connectivity index (χ0n) is 20.9. The first-order valence-electron chi connectivity index (χ1n) is 12.7. The Morgan fingerprint density at radius 1 is 1.21 bits per heavy atom. The molecular formula is C26H31ClF2N6O3. The fraction of sp³-hybridized carbons (Fsp3) is 0.500. The molecule has 5 N–H and O–H groups in total. The fourth-order valence-corrected chi connectivity index (χ4v) is 5.88. The average Bonchev–Trinajstić information content (AvgIpc) is 3.42. The van der Waals surface area contributed by atoms with Crippen molar-refractivity contribution in [2.24, 2.45) is 17.6 Å². The molecule has 5 atom stereocenters. The van der Waals surface area contributed by atoms with Gasteiger partial charge in [-0.15, -0.1) is 0 Å². The largest absolute Gasteiger partial charge is 0.495 e. The second-order valence-corrected chi connectivity index (χ2v) is 10.3. The molecule has 5 rings (SSSR count). The van der Waals surface area contributed by atoms with Crippen molar-refractivity contribution < 1.29 is 23.0 Å². The van der Waals surface area contributed by atoms with E-state index in [2.05, 4.69) is 32.0 Å². The van der Waals surface area contributed by atoms with Crippen LogP contribution in [0.1, 0.15) is 30.4 Å². The van der Waals surface area contributed by atoms with E-state index in [0.717, 1.165) is 43.2 Å². The number of aryl methyl sites for hydroxylation is 2. The van der Waals surface area contributed by atoms with Gasteiger partial charge >= 0.3 is 6.09 Å². The molecule has 0 aliphatic heterocycles. The number of nitrogens with two attached hydrogens (primary N) is 1. The molecule has 0 spiro atoms. The highest BCUT2D eigenvalue weighted by molar-refractivity contribution is 6.32. The van der Waals surface area contributed by atoms with Crippen molar-refractivity contribution in [2.45, 2.75) is 56.7 Å². The number of nitrogens with zero attached hydrogens (tertiary/aromatic N) is 2. The molecule has 1 fully saturated rings. The number of carbonyl (C=O) groups excluding carboxylic acids is 1. The molecule has 38 heavy (non-hydrogen) atoms. The van der Waals surface area contributed by atoms with Crippen LogP contribution in [0.5, 0.6) is 5.75 Å². The number of alkyl halides is 2. The van der Waals surface area contributed by atoms with Gasteiger partial charge in [0.05, 0.1) is 31.6 Å². The zero-order chi connectivity index (χ0) is 26.8. The second-order valence-electron chi connectivity index (χ2n) is 9.93. The minimum absolute atomic E-state index is 0.0371. The number of methoxy groups -OCH3 is 1. The molecule has 1 unspecified atom stereocenters. The van der Waals surface area contributed by atoms with Crippen molar-refractivity contribution in [1.82, 2.24) is 15.3 Å². The predicted octanol–water partition coefficient (Wildman–Crippen LogP) is 4.43. The smallest absolute Gasteiger partial charge is 0.404 e. The summed E-state index contributed by atoms with van der Waals surface area (Å²) in [7, 11) is 1.59. The summed E-state index contributed by atoms with van der Waals surface area (Å²) in [6.45, 7) is -0.296. The lowest BCUT2D eigenvalue weighted by Crippen LogP contribution is -2.41. The Labute approximate surface area is 224 Å². The molecule has 3 aliphatic rings. The van der Waals surface area contributed by atoms with Gasteiger partial charge in [0.25, 0.3) is 6.43 Å². The number of amides is 1. The molecule has 1 heterocycles. The molecule has 0 saturated heterocycles. The number of carbonyl (C=O) groups is 1. The van der Waals surface area contributed by atoms with Gasteiger partial charge in [0, 0.05) is 17.9 Å². The van der Waals surface area contributed by atoms with Crippen molar-refractivity contribution in [3.8, 4) is 5.75 Å². The first-order valence-corrected chi connectivity index (χ1v) is 13.1. The maximum atomic E-state index is 12.6. The topological polar surface area (TPSA) is 123 Å². The van der Waals surface area contributed by atoms with Crippen molar-refractivity contribution >= 4 is 35.1 Å². The highest BCUT2D eigenvalue weighted by Crippen LogP contribution is 2.43. The summed E-state index contributed by atoms with van der Waals surface area (Å²) < 4.78 is 36.3. The van der Waals surface area contributed by atoms with E-state index in [1.54, 1.807) is 7.11 Å². The molecule has 1 saturated carbocycles. The van der Waals surface area contributed by atoms with Crippen LogP contribution in [-0.2, 0) is 17.6 Å². The SMILES string of the molecule is COc1cc2c(cc1Nc1ncc(Cl)c(N[C@H]3[C@@H](OC(N)=O)[C@@H]4C=C[C@H]3C4)n1)CCC(NCC(F)F)CC2. The van der Waals surface area contributed by atoms with Crippen LogP contribution in [0, 0.1) is 11.8 Å².